The number of likely N-dealkylation sites (N-methyl/N-ethyl adjacent to an activating group) is 1. The molecule has 0 fully saturated rings. The van der Waals surface area contributed by atoms with Crippen LogP contribution in [0.25, 0.3) is 0 Å². The second-order valence-corrected chi connectivity index (χ2v) is 3.63. The molecule has 7 heteroatoms. The van der Waals surface area contributed by atoms with Gasteiger partial charge in [-0.05, 0) is 6.42 Å². The Morgan fingerprint density at radius 1 is 1.62 bits per heavy atom. The lowest BCUT2D eigenvalue weighted by Gasteiger charge is -2.32. The number of aromatic amines is 1. The van der Waals surface area contributed by atoms with Crippen molar-refractivity contribution in [3.05, 3.63) is 5.69 Å². The Kier molecular flexibility index (Phi) is 2.30. The molecule has 1 aromatic rings. The highest BCUT2D eigenvalue weighted by molar-refractivity contribution is 6.06. The van der Waals surface area contributed by atoms with E-state index in [-0.39, 0.29) is 23.5 Å². The number of carboxylic acids is 1. The average molecular weight is 224 g/mol. The zero-order valence-electron chi connectivity index (χ0n) is 8.94. The number of carbonyl (C=O) groups is 2. The van der Waals surface area contributed by atoms with Gasteiger partial charge in [-0.1, -0.05) is 6.92 Å². The predicted molar refractivity (Wildman–Crippen MR) is 56.7 cm³/mol. The van der Waals surface area contributed by atoms with E-state index in [1.54, 1.807) is 11.9 Å². The molecule has 1 aromatic heterocycles. The second-order valence-electron chi connectivity index (χ2n) is 3.63. The molecule has 0 radical (unpaired) electrons. The number of hydrogen-bond acceptors (Lipinski definition) is 4. The van der Waals surface area contributed by atoms with E-state index >= 15 is 0 Å². The maximum Gasteiger partial charge on any atom is 0.356 e. The van der Waals surface area contributed by atoms with Crippen molar-refractivity contribution < 1.29 is 14.7 Å². The second kappa shape index (κ2) is 3.51. The molecule has 3 N–H and O–H groups in total. The first-order chi connectivity index (χ1) is 7.56. The third kappa shape index (κ3) is 1.32. The summed E-state index contributed by atoms with van der Waals surface area (Å²) in [7, 11) is 1.69. The molecule has 1 atom stereocenters. The number of nitrogens with zero attached hydrogens (tertiary/aromatic N) is 2. The number of aromatic nitrogens is 2. The van der Waals surface area contributed by atoms with Gasteiger partial charge in [0.15, 0.2) is 11.5 Å². The summed E-state index contributed by atoms with van der Waals surface area (Å²) in [5.74, 6) is -0.984. The molecule has 1 aliphatic heterocycles. The van der Waals surface area contributed by atoms with Gasteiger partial charge in [0.25, 0.3) is 0 Å². The number of rotatable bonds is 2. The van der Waals surface area contributed by atoms with Gasteiger partial charge < -0.3 is 15.3 Å². The molecule has 0 aliphatic carbocycles. The minimum atomic E-state index is -1.09. The highest BCUT2D eigenvalue weighted by Crippen LogP contribution is 2.32. The van der Waals surface area contributed by atoms with Crippen LogP contribution >= 0.6 is 0 Å². The number of aromatic carboxylic acids is 1. The predicted octanol–water partition coefficient (Wildman–Crippen LogP) is 0.275. The van der Waals surface area contributed by atoms with E-state index in [2.05, 4.69) is 15.5 Å². The van der Waals surface area contributed by atoms with Gasteiger partial charge in [0.05, 0.1) is 0 Å². The molecule has 0 aromatic carbocycles. The lowest BCUT2D eigenvalue weighted by Crippen LogP contribution is -2.45. The summed E-state index contributed by atoms with van der Waals surface area (Å²) in [6.45, 7) is 1.87. The first kappa shape index (κ1) is 10.5. The van der Waals surface area contributed by atoms with Gasteiger partial charge in [-0.15, -0.1) is 0 Å². The molecule has 1 unspecified atom stereocenters. The minimum Gasteiger partial charge on any atom is -0.476 e. The highest BCUT2D eigenvalue weighted by Gasteiger charge is 2.34. The van der Waals surface area contributed by atoms with E-state index in [1.807, 2.05) is 6.92 Å². The number of fused-ring (bicyclic) bond motifs is 1. The van der Waals surface area contributed by atoms with Crippen molar-refractivity contribution in [3.63, 3.8) is 0 Å². The number of nitrogens with one attached hydrogen (secondary N) is 2. The summed E-state index contributed by atoms with van der Waals surface area (Å²) in [6.07, 6.45) is 0.603. The summed E-state index contributed by atoms with van der Waals surface area (Å²) in [6, 6.07) is -0.358. The molecule has 7 nitrogen and oxygen atoms in total. The molecule has 0 saturated carbocycles. The Morgan fingerprint density at radius 3 is 2.88 bits per heavy atom. The van der Waals surface area contributed by atoms with Gasteiger partial charge in [0.1, 0.15) is 11.7 Å². The fourth-order valence-electron chi connectivity index (χ4n) is 1.91. The minimum absolute atomic E-state index is 0.00375. The number of H-pyrrole nitrogens is 1. The van der Waals surface area contributed by atoms with Crippen LogP contribution in [0, 0.1) is 0 Å². The number of amides is 1. The van der Waals surface area contributed by atoms with Crippen molar-refractivity contribution in [2.45, 2.75) is 19.4 Å². The Balaban J connectivity index is 2.50. The van der Waals surface area contributed by atoms with Crippen molar-refractivity contribution >= 4 is 23.4 Å². The number of anilines is 2. The van der Waals surface area contributed by atoms with Crippen molar-refractivity contribution in [1.82, 2.24) is 10.2 Å². The van der Waals surface area contributed by atoms with E-state index in [9.17, 15) is 9.59 Å². The third-order valence-electron chi connectivity index (χ3n) is 2.71. The van der Waals surface area contributed by atoms with Gasteiger partial charge in [0.2, 0.25) is 5.91 Å². The summed E-state index contributed by atoms with van der Waals surface area (Å²) < 4.78 is 0. The van der Waals surface area contributed by atoms with Gasteiger partial charge in [-0.3, -0.25) is 9.89 Å². The highest BCUT2D eigenvalue weighted by atomic mass is 16.4. The lowest BCUT2D eigenvalue weighted by atomic mass is 10.1. The largest absolute Gasteiger partial charge is 0.476 e. The topological polar surface area (TPSA) is 98.3 Å². The monoisotopic (exact) mass is 224 g/mol. The first-order valence-electron chi connectivity index (χ1n) is 4.91. The number of carbonyl (C=O) groups excluding carboxylic acids is 1. The van der Waals surface area contributed by atoms with Crippen molar-refractivity contribution in [1.29, 1.82) is 0 Å². The number of hydrogen-bond donors (Lipinski definition) is 3. The molecule has 0 bridgehead atoms. The summed E-state index contributed by atoms with van der Waals surface area (Å²) in [5.41, 5.74) is 0.426. The van der Waals surface area contributed by atoms with E-state index in [4.69, 9.17) is 5.11 Å². The normalized spacial score (nSPS) is 19.2. The average Bonchev–Trinajstić information content (AvgIpc) is 2.62. The third-order valence-corrected chi connectivity index (χ3v) is 2.71. The van der Waals surface area contributed by atoms with E-state index in [1.165, 1.54) is 0 Å². The smallest absolute Gasteiger partial charge is 0.356 e. The zero-order valence-corrected chi connectivity index (χ0v) is 8.94. The Labute approximate surface area is 91.4 Å². The summed E-state index contributed by atoms with van der Waals surface area (Å²) in [4.78, 5) is 24.2. The Morgan fingerprint density at radius 2 is 2.31 bits per heavy atom. The first-order valence-corrected chi connectivity index (χ1v) is 4.91. The fourth-order valence-corrected chi connectivity index (χ4v) is 1.91. The van der Waals surface area contributed by atoms with Crippen molar-refractivity contribution in [2.24, 2.45) is 0 Å². The maximum absolute atomic E-state index is 11.6. The summed E-state index contributed by atoms with van der Waals surface area (Å²) in [5, 5.41) is 17.7. The van der Waals surface area contributed by atoms with Gasteiger partial charge in [-0.25, -0.2) is 4.79 Å². The zero-order chi connectivity index (χ0) is 11.9. The van der Waals surface area contributed by atoms with Crippen molar-refractivity contribution in [2.75, 3.05) is 17.3 Å². The standard InChI is InChI=1S/C9H12N4O3/c1-3-4-8(14)10-7-6(13(4)2)5(9(15)16)11-12-7/h4H,3H2,1-2H3,(H,15,16)(H2,10,11,12,14). The van der Waals surface area contributed by atoms with Crippen LogP contribution in [0.5, 0.6) is 0 Å². The van der Waals surface area contributed by atoms with Crippen LogP contribution in [0.3, 0.4) is 0 Å². The number of carboxylic acid groups (broad SMARTS) is 1. The van der Waals surface area contributed by atoms with Crippen LogP contribution in [0.1, 0.15) is 23.8 Å². The molecule has 1 aliphatic rings. The Bertz CT molecular complexity index is 454. The van der Waals surface area contributed by atoms with Crippen molar-refractivity contribution in [3.8, 4) is 0 Å². The SMILES string of the molecule is CCC1C(=O)Nc2n[nH]c(C(=O)O)c2N1C. The maximum atomic E-state index is 11.6. The van der Waals surface area contributed by atoms with Gasteiger partial charge in [-0.2, -0.15) is 5.10 Å². The molecule has 2 heterocycles. The van der Waals surface area contributed by atoms with E-state index < -0.39 is 5.97 Å². The Hall–Kier alpha value is -2.05. The molecule has 2 rings (SSSR count). The van der Waals surface area contributed by atoms with E-state index in [0.717, 1.165) is 0 Å². The van der Waals surface area contributed by atoms with Crippen LogP contribution in [0.2, 0.25) is 0 Å². The van der Waals surface area contributed by atoms with Gasteiger partial charge >= 0.3 is 5.97 Å². The molecular weight excluding hydrogens is 212 g/mol. The molecule has 86 valence electrons. The molecule has 0 saturated heterocycles. The molecular formula is C9H12N4O3. The van der Waals surface area contributed by atoms with Crippen LogP contribution < -0.4 is 10.2 Å². The molecule has 1 amide bonds. The quantitative estimate of drug-likeness (QED) is 0.670. The van der Waals surface area contributed by atoms with Crippen LogP contribution in [0.15, 0.2) is 0 Å². The molecule has 0 spiro atoms. The van der Waals surface area contributed by atoms with E-state index in [0.29, 0.717) is 12.1 Å². The van der Waals surface area contributed by atoms with Crippen LogP contribution in [-0.2, 0) is 4.79 Å². The molecule has 16 heavy (non-hydrogen) atoms. The van der Waals surface area contributed by atoms with Crippen LogP contribution in [-0.4, -0.2) is 40.3 Å². The fraction of sp³-hybridized carbons (Fsp3) is 0.444. The summed E-state index contributed by atoms with van der Waals surface area (Å²) >= 11 is 0. The lowest BCUT2D eigenvalue weighted by molar-refractivity contribution is -0.117. The van der Waals surface area contributed by atoms with Gasteiger partial charge in [0, 0.05) is 7.05 Å². The van der Waals surface area contributed by atoms with Crippen LogP contribution in [0.4, 0.5) is 11.5 Å².